The van der Waals surface area contributed by atoms with Crippen molar-refractivity contribution < 1.29 is 18.9 Å². The number of allylic oxidation sites excluding steroid dienone is 1. The van der Waals surface area contributed by atoms with Gasteiger partial charge in [0.25, 0.3) is 0 Å². The molecule has 104 valence electrons. The van der Waals surface area contributed by atoms with Gasteiger partial charge in [-0.1, -0.05) is 12.2 Å². The number of hydrogen-bond acceptors (Lipinski definition) is 5. The maximum Gasteiger partial charge on any atom is 0.154 e. The third kappa shape index (κ3) is 3.17. The zero-order valence-electron chi connectivity index (χ0n) is 10.9. The van der Waals surface area contributed by atoms with Crippen molar-refractivity contribution in [3.8, 4) is 0 Å². The van der Waals surface area contributed by atoms with E-state index in [0.717, 1.165) is 32.8 Å². The molecule has 0 N–H and O–H groups in total. The largest absolute Gasteiger partial charge is 0.371 e. The molecule has 0 bridgehead atoms. The Hall–Kier alpha value is -0.880. The van der Waals surface area contributed by atoms with Gasteiger partial charge in [-0.25, -0.2) is 0 Å². The Morgan fingerprint density at radius 2 is 1.95 bits per heavy atom. The molecule has 0 saturated carbocycles. The molecule has 0 radical (unpaired) electrons. The van der Waals surface area contributed by atoms with E-state index >= 15 is 0 Å². The molecule has 4 atom stereocenters. The van der Waals surface area contributed by atoms with Gasteiger partial charge < -0.3 is 23.8 Å². The Morgan fingerprint density at radius 3 is 2.53 bits per heavy atom. The molecule has 0 aromatic heterocycles. The third-order valence-corrected chi connectivity index (χ3v) is 3.74. The summed E-state index contributed by atoms with van der Waals surface area (Å²) in [6.07, 6.45) is 8.61. The van der Waals surface area contributed by atoms with E-state index in [1.165, 1.54) is 5.70 Å². The second-order valence-corrected chi connectivity index (χ2v) is 5.45. The molecule has 1 aliphatic carbocycles. The Bertz CT molecular complexity index is 396. The Labute approximate surface area is 112 Å². The Kier molecular flexibility index (Phi) is 3.07. The van der Waals surface area contributed by atoms with E-state index in [9.17, 15) is 0 Å². The lowest BCUT2D eigenvalue weighted by Crippen LogP contribution is -2.31. The first-order valence-electron chi connectivity index (χ1n) is 7.00. The minimum Gasteiger partial charge on any atom is -0.371 e. The molecule has 5 heteroatoms. The average molecular weight is 265 g/mol. The van der Waals surface area contributed by atoms with Crippen LogP contribution in [-0.2, 0) is 18.9 Å². The van der Waals surface area contributed by atoms with Crippen LogP contribution in [0.2, 0.25) is 0 Å². The van der Waals surface area contributed by atoms with E-state index in [-0.39, 0.29) is 12.3 Å². The zero-order valence-corrected chi connectivity index (χ0v) is 10.9. The number of nitrogens with zero attached hydrogens (tertiary/aromatic N) is 1. The SMILES string of the molecule is C1=CC(OCC2CO2)CC=C1N(CC1CO1)C1CO1. The van der Waals surface area contributed by atoms with Gasteiger partial charge >= 0.3 is 0 Å². The van der Waals surface area contributed by atoms with Crippen molar-refractivity contribution >= 4 is 0 Å². The van der Waals surface area contributed by atoms with Crippen LogP contribution in [0.25, 0.3) is 0 Å². The maximum absolute atomic E-state index is 5.77. The van der Waals surface area contributed by atoms with Gasteiger partial charge in [0, 0.05) is 12.2 Å². The summed E-state index contributed by atoms with van der Waals surface area (Å²) in [7, 11) is 0. The van der Waals surface area contributed by atoms with Crippen molar-refractivity contribution in [2.75, 3.05) is 33.0 Å². The van der Waals surface area contributed by atoms with Crippen LogP contribution in [0.15, 0.2) is 23.9 Å². The quantitative estimate of drug-likeness (QED) is 0.633. The van der Waals surface area contributed by atoms with Crippen LogP contribution in [0.5, 0.6) is 0 Å². The van der Waals surface area contributed by atoms with Gasteiger partial charge in [0.1, 0.15) is 6.10 Å². The second kappa shape index (κ2) is 4.90. The van der Waals surface area contributed by atoms with Gasteiger partial charge in [-0.05, 0) is 12.5 Å². The van der Waals surface area contributed by atoms with Crippen LogP contribution in [-0.4, -0.2) is 62.4 Å². The average Bonchev–Trinajstić information content (AvgIpc) is 3.29. The topological polar surface area (TPSA) is 50.1 Å². The first-order valence-corrected chi connectivity index (χ1v) is 7.00. The van der Waals surface area contributed by atoms with Gasteiger partial charge in [-0.15, -0.1) is 0 Å². The van der Waals surface area contributed by atoms with Crippen LogP contribution in [0.4, 0.5) is 0 Å². The molecule has 3 aliphatic heterocycles. The fourth-order valence-corrected chi connectivity index (χ4v) is 2.33. The highest BCUT2D eigenvalue weighted by atomic mass is 16.6. The Morgan fingerprint density at radius 1 is 1.16 bits per heavy atom. The summed E-state index contributed by atoms with van der Waals surface area (Å²) in [6.45, 7) is 4.21. The van der Waals surface area contributed by atoms with Crippen LogP contribution in [0.3, 0.4) is 0 Å². The third-order valence-electron chi connectivity index (χ3n) is 3.74. The lowest BCUT2D eigenvalue weighted by Gasteiger charge is -2.26. The lowest BCUT2D eigenvalue weighted by molar-refractivity contribution is 0.0720. The van der Waals surface area contributed by atoms with Crippen molar-refractivity contribution in [1.82, 2.24) is 4.90 Å². The summed E-state index contributed by atoms with van der Waals surface area (Å²) in [5.74, 6) is 0. The Balaban J connectivity index is 1.31. The van der Waals surface area contributed by atoms with Crippen molar-refractivity contribution in [1.29, 1.82) is 0 Å². The maximum atomic E-state index is 5.77. The number of hydrogen-bond donors (Lipinski definition) is 0. The van der Waals surface area contributed by atoms with E-state index in [0.29, 0.717) is 18.8 Å². The van der Waals surface area contributed by atoms with E-state index in [1.807, 2.05) is 0 Å². The molecule has 0 aromatic carbocycles. The predicted molar refractivity (Wildman–Crippen MR) is 67.5 cm³/mol. The van der Waals surface area contributed by atoms with E-state index < -0.39 is 0 Å². The van der Waals surface area contributed by atoms with Crippen LogP contribution >= 0.6 is 0 Å². The van der Waals surface area contributed by atoms with Gasteiger partial charge in [0.05, 0.1) is 38.6 Å². The first kappa shape index (κ1) is 11.9. The van der Waals surface area contributed by atoms with Gasteiger partial charge in [0.15, 0.2) is 6.23 Å². The van der Waals surface area contributed by atoms with Crippen LogP contribution in [0.1, 0.15) is 6.42 Å². The molecule has 0 amide bonds. The minimum atomic E-state index is 0.187. The summed E-state index contributed by atoms with van der Waals surface area (Å²) in [6, 6.07) is 0. The summed E-state index contributed by atoms with van der Waals surface area (Å²) >= 11 is 0. The molecule has 3 fully saturated rings. The molecule has 0 aromatic rings. The summed E-state index contributed by atoms with van der Waals surface area (Å²) in [5.41, 5.74) is 1.24. The number of rotatable bonds is 7. The molecule has 0 spiro atoms. The van der Waals surface area contributed by atoms with Crippen LogP contribution in [0, 0.1) is 0 Å². The van der Waals surface area contributed by atoms with E-state index in [4.69, 9.17) is 18.9 Å². The summed E-state index contributed by atoms with van der Waals surface area (Å²) < 4.78 is 21.6. The van der Waals surface area contributed by atoms with Crippen molar-refractivity contribution in [3.63, 3.8) is 0 Å². The van der Waals surface area contributed by atoms with E-state index in [2.05, 4.69) is 23.1 Å². The predicted octanol–water partition coefficient (Wildman–Crippen LogP) is 0.671. The second-order valence-electron chi connectivity index (χ2n) is 5.45. The molecule has 5 nitrogen and oxygen atoms in total. The van der Waals surface area contributed by atoms with E-state index in [1.54, 1.807) is 0 Å². The van der Waals surface area contributed by atoms with Gasteiger partial charge in [0.2, 0.25) is 0 Å². The molecule has 4 aliphatic rings. The van der Waals surface area contributed by atoms with Crippen molar-refractivity contribution in [2.24, 2.45) is 0 Å². The van der Waals surface area contributed by atoms with Crippen molar-refractivity contribution in [3.05, 3.63) is 23.9 Å². The lowest BCUT2D eigenvalue weighted by atomic mass is 10.1. The smallest absolute Gasteiger partial charge is 0.154 e. The molecule has 4 rings (SSSR count). The highest BCUT2D eigenvalue weighted by molar-refractivity contribution is 5.25. The summed E-state index contributed by atoms with van der Waals surface area (Å²) in [4.78, 5) is 2.30. The number of epoxide rings is 3. The molecule has 3 heterocycles. The fraction of sp³-hybridized carbons (Fsp3) is 0.714. The molecule has 4 unspecified atom stereocenters. The normalized spacial score (nSPS) is 38.8. The monoisotopic (exact) mass is 265 g/mol. The zero-order chi connectivity index (χ0) is 12.7. The summed E-state index contributed by atoms with van der Waals surface area (Å²) in [5, 5.41) is 0. The highest BCUT2D eigenvalue weighted by Gasteiger charge is 2.36. The standard InChI is InChI=1S/C14H19NO4/c1-3-11(16-7-13-8-18-13)4-2-10(1)15(14-9-19-14)5-12-6-17-12/h1-3,11-14H,4-9H2. The molecular formula is C14H19NO4. The molecule has 19 heavy (non-hydrogen) atoms. The number of ether oxygens (including phenoxy) is 4. The molecular weight excluding hydrogens is 246 g/mol. The minimum absolute atomic E-state index is 0.187. The first-order chi connectivity index (χ1) is 9.38. The highest BCUT2D eigenvalue weighted by Crippen LogP contribution is 2.27. The molecule has 3 saturated heterocycles. The van der Waals surface area contributed by atoms with Crippen LogP contribution < -0.4 is 0 Å². The van der Waals surface area contributed by atoms with Crippen molar-refractivity contribution in [2.45, 2.75) is 31.0 Å². The fourth-order valence-electron chi connectivity index (χ4n) is 2.33. The van der Waals surface area contributed by atoms with Gasteiger partial charge in [-0.3, -0.25) is 0 Å². The van der Waals surface area contributed by atoms with Gasteiger partial charge in [-0.2, -0.15) is 0 Å².